The minimum atomic E-state index is -1.03. The van der Waals surface area contributed by atoms with Crippen molar-refractivity contribution >= 4 is 17.1 Å². The van der Waals surface area contributed by atoms with E-state index in [2.05, 4.69) is 0 Å². The summed E-state index contributed by atoms with van der Waals surface area (Å²) < 4.78 is 12.6. The molecule has 0 saturated heterocycles. The monoisotopic (exact) mass is 168 g/mol. The van der Waals surface area contributed by atoms with Crippen LogP contribution in [0.15, 0.2) is 30.3 Å². The zero-order valence-electron chi connectivity index (χ0n) is 6.25. The van der Waals surface area contributed by atoms with E-state index in [1.165, 1.54) is 6.92 Å². The molecule has 0 nitrogen and oxygen atoms in total. The van der Waals surface area contributed by atoms with Gasteiger partial charge in [0.2, 0.25) is 0 Å². The smallest absolute Gasteiger partial charge is 0.133 e. The molecule has 1 atom stereocenters. The zero-order chi connectivity index (χ0) is 8.27. The van der Waals surface area contributed by atoms with Gasteiger partial charge >= 0.3 is 0 Å². The molecule has 1 unspecified atom stereocenters. The maximum absolute atomic E-state index is 12.6. The molecule has 0 amide bonds. The van der Waals surface area contributed by atoms with Crippen molar-refractivity contribution < 1.29 is 4.39 Å². The van der Waals surface area contributed by atoms with Gasteiger partial charge < -0.3 is 0 Å². The highest BCUT2D eigenvalue weighted by atomic mass is 32.1. The van der Waals surface area contributed by atoms with Crippen LogP contribution in [0.4, 0.5) is 4.39 Å². The average molecular weight is 168 g/mol. The van der Waals surface area contributed by atoms with E-state index in [9.17, 15) is 4.39 Å². The maximum Gasteiger partial charge on any atom is 0.133 e. The molecule has 1 aromatic carbocycles. The number of halogens is 1. The second kappa shape index (κ2) is 3.58. The molecule has 0 radical (unpaired) electrons. The Labute approximate surface area is 71.1 Å². The number of hydrogen-bond donors (Lipinski definition) is 0. The molecule has 0 aromatic heterocycles. The molecule has 0 saturated carbocycles. The fourth-order valence-electron chi connectivity index (χ4n) is 0.832. The molecular formula is C9H9FS. The van der Waals surface area contributed by atoms with Gasteiger partial charge in [0.05, 0.1) is 4.86 Å². The highest BCUT2D eigenvalue weighted by molar-refractivity contribution is 7.81. The van der Waals surface area contributed by atoms with Crippen LogP contribution in [0.25, 0.3) is 0 Å². The van der Waals surface area contributed by atoms with E-state index in [4.69, 9.17) is 12.2 Å². The van der Waals surface area contributed by atoms with Crippen molar-refractivity contribution in [3.05, 3.63) is 35.9 Å². The van der Waals surface area contributed by atoms with Crippen LogP contribution in [0.1, 0.15) is 12.5 Å². The Morgan fingerprint density at radius 3 is 2.36 bits per heavy atom. The van der Waals surface area contributed by atoms with Gasteiger partial charge in [-0.05, 0) is 12.5 Å². The van der Waals surface area contributed by atoms with Crippen LogP contribution in [-0.2, 0) is 0 Å². The SMILES string of the molecule is CC(F)C(=S)c1ccccc1. The van der Waals surface area contributed by atoms with Crippen LogP contribution >= 0.6 is 12.2 Å². The molecule has 11 heavy (non-hydrogen) atoms. The molecule has 0 heterocycles. The second-order valence-electron chi connectivity index (χ2n) is 2.35. The Hall–Kier alpha value is -0.760. The lowest BCUT2D eigenvalue weighted by Crippen LogP contribution is -2.09. The lowest BCUT2D eigenvalue weighted by atomic mass is 10.1. The predicted molar refractivity (Wildman–Crippen MR) is 48.7 cm³/mol. The molecule has 0 bridgehead atoms. The summed E-state index contributed by atoms with van der Waals surface area (Å²) >= 11 is 4.87. The van der Waals surface area contributed by atoms with E-state index in [-0.39, 0.29) is 0 Å². The molecule has 1 aromatic rings. The van der Waals surface area contributed by atoms with Crippen LogP contribution in [0, 0.1) is 0 Å². The predicted octanol–water partition coefficient (Wildman–Crippen LogP) is 2.76. The highest BCUT2D eigenvalue weighted by Gasteiger charge is 2.07. The number of hydrogen-bond acceptors (Lipinski definition) is 1. The number of thiocarbonyl (C=S) groups is 1. The summed E-state index contributed by atoms with van der Waals surface area (Å²) in [4.78, 5) is 0.380. The third kappa shape index (κ3) is 2.09. The van der Waals surface area contributed by atoms with Gasteiger partial charge in [-0.1, -0.05) is 42.5 Å². The Morgan fingerprint density at radius 2 is 1.91 bits per heavy atom. The fraction of sp³-hybridized carbons (Fsp3) is 0.222. The molecule has 0 aliphatic carbocycles. The van der Waals surface area contributed by atoms with Crippen molar-refractivity contribution in [2.24, 2.45) is 0 Å². The standard InChI is InChI=1S/C9H9FS/c1-7(10)9(11)8-5-3-2-4-6-8/h2-7H,1H3. The van der Waals surface area contributed by atoms with E-state index in [1.807, 2.05) is 30.3 Å². The maximum atomic E-state index is 12.6. The van der Waals surface area contributed by atoms with Gasteiger partial charge in [-0.25, -0.2) is 4.39 Å². The Bertz CT molecular complexity index is 241. The summed E-state index contributed by atoms with van der Waals surface area (Å²) in [6.07, 6.45) is -1.03. The number of benzene rings is 1. The van der Waals surface area contributed by atoms with Crippen LogP contribution in [-0.4, -0.2) is 11.0 Å². The number of rotatable bonds is 2. The largest absolute Gasteiger partial charge is 0.242 e. The first-order valence-electron chi connectivity index (χ1n) is 3.45. The first-order valence-corrected chi connectivity index (χ1v) is 3.86. The number of alkyl halides is 1. The Morgan fingerprint density at radius 1 is 1.36 bits per heavy atom. The van der Waals surface area contributed by atoms with Crippen molar-refractivity contribution in [1.29, 1.82) is 0 Å². The lowest BCUT2D eigenvalue weighted by molar-refractivity contribution is 0.459. The lowest BCUT2D eigenvalue weighted by Gasteiger charge is -2.02. The van der Waals surface area contributed by atoms with Gasteiger partial charge in [0.25, 0.3) is 0 Å². The van der Waals surface area contributed by atoms with Crippen LogP contribution in [0.5, 0.6) is 0 Å². The van der Waals surface area contributed by atoms with E-state index >= 15 is 0 Å². The quantitative estimate of drug-likeness (QED) is 0.483. The molecule has 0 spiro atoms. The summed E-state index contributed by atoms with van der Waals surface area (Å²) in [6, 6.07) is 9.22. The molecule has 2 heteroatoms. The van der Waals surface area contributed by atoms with Gasteiger partial charge in [-0.15, -0.1) is 0 Å². The first kappa shape index (κ1) is 8.34. The van der Waals surface area contributed by atoms with Gasteiger partial charge in [0.15, 0.2) is 0 Å². The third-order valence-electron chi connectivity index (χ3n) is 1.42. The minimum Gasteiger partial charge on any atom is -0.242 e. The molecule has 0 fully saturated rings. The van der Waals surface area contributed by atoms with Crippen molar-refractivity contribution in [3.8, 4) is 0 Å². The highest BCUT2D eigenvalue weighted by Crippen LogP contribution is 2.06. The molecule has 0 aliphatic rings. The minimum absolute atomic E-state index is 0.380. The molecule has 0 N–H and O–H groups in total. The van der Waals surface area contributed by atoms with Crippen LogP contribution in [0.3, 0.4) is 0 Å². The van der Waals surface area contributed by atoms with E-state index < -0.39 is 6.17 Å². The van der Waals surface area contributed by atoms with Crippen molar-refractivity contribution in [1.82, 2.24) is 0 Å². The van der Waals surface area contributed by atoms with Crippen LogP contribution in [0.2, 0.25) is 0 Å². The van der Waals surface area contributed by atoms with E-state index in [1.54, 1.807) is 0 Å². The zero-order valence-corrected chi connectivity index (χ0v) is 7.07. The summed E-state index contributed by atoms with van der Waals surface area (Å²) in [5.41, 5.74) is 0.803. The molecular weight excluding hydrogens is 159 g/mol. The van der Waals surface area contributed by atoms with E-state index in [0.717, 1.165) is 5.56 Å². The summed E-state index contributed by atoms with van der Waals surface area (Å²) in [5.74, 6) is 0. The molecule has 58 valence electrons. The van der Waals surface area contributed by atoms with Crippen LogP contribution < -0.4 is 0 Å². The summed E-state index contributed by atoms with van der Waals surface area (Å²) in [5, 5.41) is 0. The first-order chi connectivity index (χ1) is 5.22. The Balaban J connectivity index is 2.86. The topological polar surface area (TPSA) is 0 Å². The summed E-state index contributed by atoms with van der Waals surface area (Å²) in [7, 11) is 0. The van der Waals surface area contributed by atoms with Gasteiger partial charge in [0, 0.05) is 0 Å². The van der Waals surface area contributed by atoms with Gasteiger partial charge in [0.1, 0.15) is 6.17 Å². The third-order valence-corrected chi connectivity index (χ3v) is 1.98. The van der Waals surface area contributed by atoms with Crippen molar-refractivity contribution in [3.63, 3.8) is 0 Å². The fourth-order valence-corrected chi connectivity index (χ4v) is 0.968. The molecule has 1 rings (SSSR count). The normalized spacial score (nSPS) is 12.5. The van der Waals surface area contributed by atoms with Crippen molar-refractivity contribution in [2.75, 3.05) is 0 Å². The molecule has 0 aliphatic heterocycles. The van der Waals surface area contributed by atoms with Gasteiger partial charge in [-0.3, -0.25) is 0 Å². The Kier molecular flexibility index (Phi) is 2.71. The van der Waals surface area contributed by atoms with Gasteiger partial charge in [-0.2, -0.15) is 0 Å². The summed E-state index contributed by atoms with van der Waals surface area (Å²) in [6.45, 7) is 1.45. The van der Waals surface area contributed by atoms with E-state index in [0.29, 0.717) is 4.86 Å². The average Bonchev–Trinajstić information content (AvgIpc) is 2.05. The second-order valence-corrected chi connectivity index (χ2v) is 2.79. The van der Waals surface area contributed by atoms with Crippen molar-refractivity contribution in [2.45, 2.75) is 13.1 Å².